The van der Waals surface area contributed by atoms with Gasteiger partial charge >= 0.3 is 0 Å². The van der Waals surface area contributed by atoms with E-state index in [1.165, 1.54) is 0 Å². The zero-order chi connectivity index (χ0) is 10.7. The first-order valence-electron chi connectivity index (χ1n) is 5.25. The molecule has 0 aliphatic carbocycles. The molecule has 0 bridgehead atoms. The van der Waals surface area contributed by atoms with E-state index in [1.54, 1.807) is 4.52 Å². The smallest absolute Gasteiger partial charge is 0.177 e. The molecule has 0 saturated heterocycles. The van der Waals surface area contributed by atoms with Crippen LogP contribution in [0, 0.1) is 0 Å². The average molecular weight is 205 g/mol. The van der Waals surface area contributed by atoms with Gasteiger partial charge in [0.15, 0.2) is 11.5 Å². The fourth-order valence-corrected chi connectivity index (χ4v) is 1.55. The van der Waals surface area contributed by atoms with Crippen molar-refractivity contribution in [3.05, 3.63) is 23.7 Å². The van der Waals surface area contributed by atoms with E-state index in [4.69, 9.17) is 5.73 Å². The van der Waals surface area contributed by atoms with Gasteiger partial charge < -0.3 is 5.73 Å². The zero-order valence-corrected chi connectivity index (χ0v) is 8.85. The number of rotatable bonds is 4. The minimum absolute atomic E-state index is 0.570. The average Bonchev–Trinajstić information content (AvgIpc) is 2.63. The Kier molecular flexibility index (Phi) is 2.91. The Bertz CT molecular complexity index is 448. The molecule has 5 nitrogen and oxygen atoms in total. The fraction of sp³-hybridized carbons (Fsp3) is 0.500. The number of aromatic nitrogens is 4. The van der Waals surface area contributed by atoms with Crippen molar-refractivity contribution in [3.8, 4) is 0 Å². The number of fused-ring (bicyclic) bond motifs is 1. The summed E-state index contributed by atoms with van der Waals surface area (Å²) >= 11 is 0. The molecule has 0 aliphatic rings. The van der Waals surface area contributed by atoms with E-state index in [0.29, 0.717) is 13.0 Å². The highest BCUT2D eigenvalue weighted by molar-refractivity contribution is 5.36. The van der Waals surface area contributed by atoms with Crippen molar-refractivity contribution in [2.24, 2.45) is 5.73 Å². The SMILES string of the molecule is CCCc1ccc2nnc(CCN)n2n1. The lowest BCUT2D eigenvalue weighted by molar-refractivity contribution is 0.753. The number of hydrogen-bond donors (Lipinski definition) is 1. The molecule has 0 amide bonds. The van der Waals surface area contributed by atoms with Crippen LogP contribution in [-0.4, -0.2) is 26.4 Å². The Hall–Kier alpha value is -1.49. The predicted octanol–water partition coefficient (Wildman–Crippen LogP) is 0.578. The largest absolute Gasteiger partial charge is 0.330 e. The number of aryl methyl sites for hydroxylation is 1. The molecule has 0 atom stereocenters. The second-order valence-corrected chi connectivity index (χ2v) is 3.50. The number of hydrogen-bond acceptors (Lipinski definition) is 4. The molecule has 15 heavy (non-hydrogen) atoms. The van der Waals surface area contributed by atoms with E-state index in [2.05, 4.69) is 22.2 Å². The van der Waals surface area contributed by atoms with Crippen molar-refractivity contribution < 1.29 is 0 Å². The van der Waals surface area contributed by atoms with Gasteiger partial charge in [-0.3, -0.25) is 0 Å². The summed E-state index contributed by atoms with van der Waals surface area (Å²) < 4.78 is 1.79. The van der Waals surface area contributed by atoms with Crippen LogP contribution in [0.5, 0.6) is 0 Å². The maximum absolute atomic E-state index is 5.50. The Morgan fingerprint density at radius 3 is 2.87 bits per heavy atom. The van der Waals surface area contributed by atoms with Gasteiger partial charge in [-0.25, -0.2) is 0 Å². The standard InChI is InChI=1S/C10H15N5/c1-2-3-8-4-5-9-12-13-10(6-7-11)15(9)14-8/h4-5H,2-3,6-7,11H2,1H3. The van der Waals surface area contributed by atoms with Crippen molar-refractivity contribution in [3.63, 3.8) is 0 Å². The molecular formula is C10H15N5. The van der Waals surface area contributed by atoms with Crippen LogP contribution in [0.2, 0.25) is 0 Å². The molecule has 2 N–H and O–H groups in total. The summed E-state index contributed by atoms with van der Waals surface area (Å²) in [5.74, 6) is 0.838. The van der Waals surface area contributed by atoms with Crippen LogP contribution in [0.4, 0.5) is 0 Å². The second-order valence-electron chi connectivity index (χ2n) is 3.50. The zero-order valence-electron chi connectivity index (χ0n) is 8.85. The van der Waals surface area contributed by atoms with E-state index in [-0.39, 0.29) is 0 Å². The molecular weight excluding hydrogens is 190 g/mol. The Labute approximate surface area is 88.3 Å². The van der Waals surface area contributed by atoms with Crippen LogP contribution >= 0.6 is 0 Å². The molecule has 80 valence electrons. The minimum atomic E-state index is 0.570. The van der Waals surface area contributed by atoms with Crippen LogP contribution < -0.4 is 5.73 Å². The van der Waals surface area contributed by atoms with Crippen molar-refractivity contribution >= 4 is 5.65 Å². The summed E-state index contributed by atoms with van der Waals surface area (Å²) in [5, 5.41) is 12.6. The van der Waals surface area contributed by atoms with Gasteiger partial charge in [-0.2, -0.15) is 9.61 Å². The number of nitrogens with two attached hydrogens (primary N) is 1. The highest BCUT2D eigenvalue weighted by Crippen LogP contribution is 2.05. The van der Waals surface area contributed by atoms with Gasteiger partial charge in [-0.15, -0.1) is 10.2 Å². The van der Waals surface area contributed by atoms with E-state index < -0.39 is 0 Å². The van der Waals surface area contributed by atoms with Gasteiger partial charge in [0.1, 0.15) is 0 Å². The van der Waals surface area contributed by atoms with Crippen LogP contribution in [0.1, 0.15) is 24.9 Å². The molecule has 0 aromatic carbocycles. The third kappa shape index (κ3) is 1.97. The third-order valence-corrected chi connectivity index (χ3v) is 2.26. The topological polar surface area (TPSA) is 69.1 Å². The molecule has 0 unspecified atom stereocenters. The molecule has 2 rings (SSSR count). The molecule has 2 aromatic heterocycles. The number of nitrogens with zero attached hydrogens (tertiary/aromatic N) is 4. The monoisotopic (exact) mass is 205 g/mol. The molecule has 0 saturated carbocycles. The van der Waals surface area contributed by atoms with E-state index >= 15 is 0 Å². The summed E-state index contributed by atoms with van der Waals surface area (Å²) in [5.41, 5.74) is 7.36. The Balaban J connectivity index is 2.42. The first-order chi connectivity index (χ1) is 7.35. The Morgan fingerprint density at radius 1 is 1.27 bits per heavy atom. The van der Waals surface area contributed by atoms with Gasteiger partial charge in [0.2, 0.25) is 0 Å². The molecule has 0 spiro atoms. The van der Waals surface area contributed by atoms with Crippen molar-refractivity contribution in [2.45, 2.75) is 26.2 Å². The Morgan fingerprint density at radius 2 is 2.13 bits per heavy atom. The van der Waals surface area contributed by atoms with Crippen molar-refractivity contribution in [2.75, 3.05) is 6.54 Å². The first kappa shape index (κ1) is 10.0. The van der Waals surface area contributed by atoms with Crippen LogP contribution in [0.3, 0.4) is 0 Å². The normalized spacial score (nSPS) is 11.1. The highest BCUT2D eigenvalue weighted by atomic mass is 15.4. The molecule has 2 aromatic rings. The predicted molar refractivity (Wildman–Crippen MR) is 57.5 cm³/mol. The first-order valence-corrected chi connectivity index (χ1v) is 5.25. The summed E-state index contributed by atoms with van der Waals surface area (Å²) in [6.45, 7) is 2.71. The van der Waals surface area contributed by atoms with E-state index in [0.717, 1.165) is 30.0 Å². The van der Waals surface area contributed by atoms with Crippen LogP contribution in [-0.2, 0) is 12.8 Å². The summed E-state index contributed by atoms with van der Waals surface area (Å²) in [4.78, 5) is 0. The fourth-order valence-electron chi connectivity index (χ4n) is 1.55. The van der Waals surface area contributed by atoms with Gasteiger partial charge in [0.25, 0.3) is 0 Å². The maximum atomic E-state index is 5.50. The molecule has 5 heteroatoms. The van der Waals surface area contributed by atoms with E-state index in [1.807, 2.05) is 12.1 Å². The molecule has 2 heterocycles. The summed E-state index contributed by atoms with van der Waals surface area (Å²) in [7, 11) is 0. The van der Waals surface area contributed by atoms with Gasteiger partial charge in [0.05, 0.1) is 5.69 Å². The molecule has 0 aliphatic heterocycles. The second kappa shape index (κ2) is 4.35. The summed E-state index contributed by atoms with van der Waals surface area (Å²) in [6.07, 6.45) is 2.78. The lowest BCUT2D eigenvalue weighted by Crippen LogP contribution is -2.08. The highest BCUT2D eigenvalue weighted by Gasteiger charge is 2.05. The van der Waals surface area contributed by atoms with Crippen LogP contribution in [0.25, 0.3) is 5.65 Å². The van der Waals surface area contributed by atoms with Crippen molar-refractivity contribution in [1.82, 2.24) is 19.8 Å². The third-order valence-electron chi connectivity index (χ3n) is 2.26. The van der Waals surface area contributed by atoms with Gasteiger partial charge in [-0.1, -0.05) is 13.3 Å². The van der Waals surface area contributed by atoms with E-state index in [9.17, 15) is 0 Å². The molecule has 0 radical (unpaired) electrons. The van der Waals surface area contributed by atoms with Gasteiger partial charge in [-0.05, 0) is 25.1 Å². The maximum Gasteiger partial charge on any atom is 0.177 e. The quantitative estimate of drug-likeness (QED) is 0.792. The summed E-state index contributed by atoms with van der Waals surface area (Å²) in [6, 6.07) is 3.95. The minimum Gasteiger partial charge on any atom is -0.330 e. The van der Waals surface area contributed by atoms with Crippen molar-refractivity contribution in [1.29, 1.82) is 0 Å². The van der Waals surface area contributed by atoms with Crippen LogP contribution in [0.15, 0.2) is 12.1 Å². The lowest BCUT2D eigenvalue weighted by atomic mass is 10.2. The molecule has 0 fully saturated rings. The van der Waals surface area contributed by atoms with Gasteiger partial charge in [0, 0.05) is 6.42 Å². The lowest BCUT2D eigenvalue weighted by Gasteiger charge is -2.00.